The zero-order valence-corrected chi connectivity index (χ0v) is 14.1. The van der Waals surface area contributed by atoms with E-state index in [2.05, 4.69) is 27.9 Å². The first-order valence-corrected chi connectivity index (χ1v) is 7.97. The third-order valence-corrected chi connectivity index (χ3v) is 3.85. The van der Waals surface area contributed by atoms with E-state index in [1.54, 1.807) is 0 Å². The Morgan fingerprint density at radius 3 is 2.43 bits per heavy atom. The highest BCUT2D eigenvalue weighted by molar-refractivity contribution is 14.1. The molecule has 0 heterocycles. The Balaban J connectivity index is 1.99. The molecule has 0 spiro atoms. The van der Waals surface area contributed by atoms with Crippen molar-refractivity contribution in [2.45, 2.75) is 20.1 Å². The van der Waals surface area contributed by atoms with Gasteiger partial charge in [-0.1, -0.05) is 24.3 Å². The summed E-state index contributed by atoms with van der Waals surface area (Å²) in [6, 6.07) is 15.5. The molecule has 3 nitrogen and oxygen atoms in total. The van der Waals surface area contributed by atoms with Crippen LogP contribution in [0.4, 0.5) is 0 Å². The lowest BCUT2D eigenvalue weighted by Crippen LogP contribution is -2.23. The van der Waals surface area contributed by atoms with Crippen LogP contribution in [0, 0.1) is 3.57 Å². The first-order valence-electron chi connectivity index (χ1n) is 6.89. The number of hydrogen-bond acceptors (Lipinski definition) is 2. The van der Waals surface area contributed by atoms with Gasteiger partial charge in [0.1, 0.15) is 0 Å². The number of carbonyl (C=O) groups is 1. The summed E-state index contributed by atoms with van der Waals surface area (Å²) >= 11 is 2.22. The number of ether oxygens (including phenoxy) is 1. The van der Waals surface area contributed by atoms with Crippen LogP contribution in [0.5, 0.6) is 0 Å². The summed E-state index contributed by atoms with van der Waals surface area (Å²) in [6.07, 6.45) is 0. The molecule has 0 fully saturated rings. The summed E-state index contributed by atoms with van der Waals surface area (Å²) in [5.41, 5.74) is 2.88. The Hall–Kier alpha value is -1.40. The lowest BCUT2D eigenvalue weighted by Gasteiger charge is -2.11. The summed E-state index contributed by atoms with van der Waals surface area (Å²) in [4.78, 5) is 12.1. The van der Waals surface area contributed by atoms with Crippen molar-refractivity contribution in [2.24, 2.45) is 0 Å². The van der Waals surface area contributed by atoms with Crippen molar-refractivity contribution in [2.75, 3.05) is 6.61 Å². The van der Waals surface area contributed by atoms with Crippen LogP contribution in [0.2, 0.25) is 0 Å². The average molecular weight is 395 g/mol. The zero-order chi connectivity index (χ0) is 15.1. The van der Waals surface area contributed by atoms with Gasteiger partial charge >= 0.3 is 0 Å². The molecule has 0 aliphatic heterocycles. The molecule has 110 valence electrons. The molecular weight excluding hydrogens is 377 g/mol. The van der Waals surface area contributed by atoms with E-state index in [4.69, 9.17) is 4.74 Å². The first-order chi connectivity index (χ1) is 10.2. The smallest absolute Gasteiger partial charge is 0.251 e. The van der Waals surface area contributed by atoms with Crippen molar-refractivity contribution >= 4 is 28.5 Å². The second-order valence-corrected chi connectivity index (χ2v) is 5.84. The summed E-state index contributed by atoms with van der Waals surface area (Å²) in [5.74, 6) is -0.0578. The van der Waals surface area contributed by atoms with Crippen LogP contribution in [0.15, 0.2) is 48.5 Å². The van der Waals surface area contributed by atoms with Crippen molar-refractivity contribution in [1.82, 2.24) is 5.32 Å². The predicted molar refractivity (Wildman–Crippen MR) is 92.1 cm³/mol. The number of halogens is 1. The van der Waals surface area contributed by atoms with Gasteiger partial charge in [-0.3, -0.25) is 4.79 Å². The lowest BCUT2D eigenvalue weighted by atomic mass is 10.1. The molecular formula is C17H18INO2. The number of carbonyl (C=O) groups excluding carboxylic acids is 1. The molecule has 0 radical (unpaired) electrons. The molecule has 0 saturated carbocycles. The topological polar surface area (TPSA) is 38.3 Å². The highest BCUT2D eigenvalue weighted by Crippen LogP contribution is 2.11. The molecule has 0 aliphatic rings. The highest BCUT2D eigenvalue weighted by Gasteiger charge is 2.07. The van der Waals surface area contributed by atoms with Crippen LogP contribution in [-0.4, -0.2) is 12.5 Å². The fourth-order valence-corrected chi connectivity index (χ4v) is 2.32. The van der Waals surface area contributed by atoms with Crippen molar-refractivity contribution in [3.63, 3.8) is 0 Å². The largest absolute Gasteiger partial charge is 0.377 e. The third kappa shape index (κ3) is 4.82. The molecule has 0 saturated heterocycles. The summed E-state index contributed by atoms with van der Waals surface area (Å²) in [6.45, 7) is 3.74. The Bertz CT molecular complexity index is 596. The van der Waals surface area contributed by atoms with Crippen molar-refractivity contribution in [3.05, 3.63) is 68.8 Å². The Morgan fingerprint density at radius 2 is 1.76 bits per heavy atom. The second-order valence-electron chi connectivity index (χ2n) is 4.60. The van der Waals surface area contributed by atoms with Gasteiger partial charge in [0, 0.05) is 22.3 Å². The van der Waals surface area contributed by atoms with E-state index in [1.807, 2.05) is 55.5 Å². The second kappa shape index (κ2) is 8.14. The SMILES string of the molecule is CCOCc1ccccc1CNC(=O)c1ccc(I)cc1. The molecule has 1 amide bonds. The van der Waals surface area contributed by atoms with Gasteiger partial charge in [-0.05, 0) is 64.9 Å². The summed E-state index contributed by atoms with van der Waals surface area (Å²) in [5, 5.41) is 2.95. The van der Waals surface area contributed by atoms with Crippen LogP contribution in [0.25, 0.3) is 0 Å². The van der Waals surface area contributed by atoms with E-state index in [-0.39, 0.29) is 5.91 Å². The van der Waals surface area contributed by atoms with E-state index in [0.29, 0.717) is 25.3 Å². The maximum absolute atomic E-state index is 12.1. The molecule has 0 aliphatic carbocycles. The standard InChI is InChI=1S/C17H18INO2/c1-2-21-12-15-6-4-3-5-14(15)11-19-17(20)13-7-9-16(18)10-8-13/h3-10H,2,11-12H2,1H3,(H,19,20). The minimum absolute atomic E-state index is 0.0578. The van der Waals surface area contributed by atoms with Gasteiger partial charge in [-0.25, -0.2) is 0 Å². The fourth-order valence-electron chi connectivity index (χ4n) is 1.96. The molecule has 1 N–H and O–H groups in total. The van der Waals surface area contributed by atoms with Gasteiger partial charge in [0.05, 0.1) is 6.61 Å². The number of hydrogen-bond donors (Lipinski definition) is 1. The van der Waals surface area contributed by atoms with E-state index in [0.717, 1.165) is 14.7 Å². The quantitative estimate of drug-likeness (QED) is 0.757. The van der Waals surface area contributed by atoms with Gasteiger partial charge in [0.15, 0.2) is 0 Å². The molecule has 2 aromatic rings. The Morgan fingerprint density at radius 1 is 1.10 bits per heavy atom. The first kappa shape index (κ1) is 16.0. The molecule has 4 heteroatoms. The average Bonchev–Trinajstić information content (AvgIpc) is 2.52. The van der Waals surface area contributed by atoms with E-state index in [1.165, 1.54) is 0 Å². The van der Waals surface area contributed by atoms with Gasteiger partial charge in [-0.2, -0.15) is 0 Å². The Kier molecular flexibility index (Phi) is 6.20. The molecule has 2 rings (SSSR count). The van der Waals surface area contributed by atoms with Crippen molar-refractivity contribution in [1.29, 1.82) is 0 Å². The van der Waals surface area contributed by atoms with Crippen molar-refractivity contribution < 1.29 is 9.53 Å². The lowest BCUT2D eigenvalue weighted by molar-refractivity contribution is 0.0950. The minimum atomic E-state index is -0.0578. The maximum atomic E-state index is 12.1. The van der Waals surface area contributed by atoms with Crippen molar-refractivity contribution in [3.8, 4) is 0 Å². The van der Waals surface area contributed by atoms with Gasteiger partial charge in [0.2, 0.25) is 0 Å². The van der Waals surface area contributed by atoms with E-state index < -0.39 is 0 Å². The van der Waals surface area contributed by atoms with Crippen LogP contribution in [0.3, 0.4) is 0 Å². The van der Waals surface area contributed by atoms with Gasteiger partial charge in [0.25, 0.3) is 5.91 Å². The monoisotopic (exact) mass is 395 g/mol. The number of amides is 1. The molecule has 2 aromatic carbocycles. The number of rotatable bonds is 6. The minimum Gasteiger partial charge on any atom is -0.377 e. The normalized spacial score (nSPS) is 10.4. The van der Waals surface area contributed by atoms with Gasteiger partial charge in [-0.15, -0.1) is 0 Å². The van der Waals surface area contributed by atoms with Crippen LogP contribution in [0.1, 0.15) is 28.4 Å². The van der Waals surface area contributed by atoms with Crippen LogP contribution >= 0.6 is 22.6 Å². The molecule has 0 atom stereocenters. The number of nitrogens with one attached hydrogen (secondary N) is 1. The van der Waals surface area contributed by atoms with E-state index in [9.17, 15) is 4.79 Å². The van der Waals surface area contributed by atoms with E-state index >= 15 is 0 Å². The predicted octanol–water partition coefficient (Wildman–Crippen LogP) is 3.76. The molecule has 21 heavy (non-hydrogen) atoms. The Labute approximate surface area is 138 Å². The molecule has 0 unspecified atom stereocenters. The summed E-state index contributed by atoms with van der Waals surface area (Å²) < 4.78 is 6.57. The molecule has 0 bridgehead atoms. The van der Waals surface area contributed by atoms with Crippen LogP contribution in [-0.2, 0) is 17.9 Å². The maximum Gasteiger partial charge on any atom is 0.251 e. The highest BCUT2D eigenvalue weighted by atomic mass is 127. The van der Waals surface area contributed by atoms with Crippen LogP contribution < -0.4 is 5.32 Å². The van der Waals surface area contributed by atoms with Gasteiger partial charge < -0.3 is 10.1 Å². The zero-order valence-electron chi connectivity index (χ0n) is 11.9. The summed E-state index contributed by atoms with van der Waals surface area (Å²) in [7, 11) is 0. The molecule has 0 aromatic heterocycles. The fraction of sp³-hybridized carbons (Fsp3) is 0.235. The number of benzene rings is 2. The third-order valence-electron chi connectivity index (χ3n) is 3.13.